The molecule has 0 bridgehead atoms. The minimum absolute atomic E-state index is 0.124. The van der Waals surface area contributed by atoms with E-state index in [4.69, 9.17) is 10.7 Å². The maximum absolute atomic E-state index is 13.7. The lowest BCUT2D eigenvalue weighted by molar-refractivity contribution is 0.0933. The van der Waals surface area contributed by atoms with Crippen molar-refractivity contribution < 1.29 is 4.79 Å². The third kappa shape index (κ3) is 5.71. The number of nitrogens with one attached hydrogen (secondary N) is 1. The van der Waals surface area contributed by atoms with Crippen LogP contribution in [0.3, 0.4) is 0 Å². The zero-order valence-corrected chi connectivity index (χ0v) is 21.4. The highest BCUT2D eigenvalue weighted by atomic mass is 32.1. The van der Waals surface area contributed by atoms with Crippen molar-refractivity contribution in [3.05, 3.63) is 130 Å². The van der Waals surface area contributed by atoms with Gasteiger partial charge >= 0.3 is 0 Å². The van der Waals surface area contributed by atoms with Crippen LogP contribution >= 0.6 is 11.3 Å². The van der Waals surface area contributed by atoms with Gasteiger partial charge in [0.1, 0.15) is 5.69 Å². The molecular formula is C31H30N4OS. The Bertz CT molecular complexity index is 1500. The van der Waals surface area contributed by atoms with Crippen LogP contribution in [-0.4, -0.2) is 17.0 Å². The number of carbonyl (C=O) groups is 1. The number of amides is 1. The quantitative estimate of drug-likeness (QED) is 0.234. The second-order valence-electron chi connectivity index (χ2n) is 8.89. The number of carbonyl (C=O) groups excluding carboxylic acids is 1. The fourth-order valence-electron chi connectivity index (χ4n) is 4.50. The first-order valence-corrected chi connectivity index (χ1v) is 13.4. The van der Waals surface area contributed by atoms with Crippen LogP contribution in [0.4, 0.5) is 5.69 Å². The summed E-state index contributed by atoms with van der Waals surface area (Å²) in [5, 5.41) is 7.42. The smallest absolute Gasteiger partial charge is 0.269 e. The van der Waals surface area contributed by atoms with Crippen molar-refractivity contribution in [2.24, 2.45) is 10.7 Å². The molecule has 0 saturated heterocycles. The van der Waals surface area contributed by atoms with E-state index in [1.54, 1.807) is 0 Å². The first kappa shape index (κ1) is 24.7. The summed E-state index contributed by atoms with van der Waals surface area (Å²) in [4.78, 5) is 19.6. The number of nitrogens with zero attached hydrogens (tertiary/aromatic N) is 2. The summed E-state index contributed by atoms with van der Waals surface area (Å²) in [6, 6.07) is 34.2. The topological polar surface area (TPSA) is 72.4 Å². The summed E-state index contributed by atoms with van der Waals surface area (Å²) >= 11 is 1.49. The number of nitrogens with two attached hydrogens (primary N) is 1. The van der Waals surface area contributed by atoms with Crippen molar-refractivity contribution in [2.75, 3.05) is 6.54 Å². The van der Waals surface area contributed by atoms with Crippen LogP contribution in [0.25, 0.3) is 10.8 Å². The van der Waals surface area contributed by atoms with Gasteiger partial charge in [-0.05, 0) is 42.0 Å². The number of hydrogen-bond acceptors (Lipinski definition) is 4. The number of fused-ring (bicyclic) bond motifs is 1. The van der Waals surface area contributed by atoms with Crippen molar-refractivity contribution in [1.29, 1.82) is 0 Å². The molecule has 0 spiro atoms. The van der Waals surface area contributed by atoms with E-state index in [9.17, 15) is 4.79 Å². The van der Waals surface area contributed by atoms with E-state index < -0.39 is 0 Å². The Morgan fingerprint density at radius 3 is 2.19 bits per heavy atom. The highest BCUT2D eigenvalue weighted by molar-refractivity contribution is 7.07. The average molecular weight is 507 g/mol. The fraction of sp³-hybridized carbons (Fsp3) is 0.161. The molecule has 4 aromatic carbocycles. The molecule has 5 aromatic rings. The molecule has 1 amide bonds. The molecule has 0 atom stereocenters. The molecule has 0 aliphatic rings. The minimum atomic E-state index is -0.259. The first-order valence-electron chi connectivity index (χ1n) is 12.6. The lowest BCUT2D eigenvalue weighted by atomic mass is 9.98. The van der Waals surface area contributed by atoms with Crippen LogP contribution in [0.5, 0.6) is 0 Å². The van der Waals surface area contributed by atoms with Crippen molar-refractivity contribution in [1.82, 2.24) is 9.88 Å². The summed E-state index contributed by atoms with van der Waals surface area (Å²) in [6.45, 7) is 1.29. The Balaban J connectivity index is 1.53. The van der Waals surface area contributed by atoms with Gasteiger partial charge in [-0.2, -0.15) is 0 Å². The predicted molar refractivity (Wildman–Crippen MR) is 152 cm³/mol. The zero-order chi connectivity index (χ0) is 25.5. The molecule has 0 fully saturated rings. The maximum atomic E-state index is 13.7. The Hall–Kier alpha value is -4.00. The van der Waals surface area contributed by atoms with Crippen LogP contribution in [0.15, 0.2) is 114 Å². The van der Waals surface area contributed by atoms with E-state index >= 15 is 0 Å². The lowest BCUT2D eigenvalue weighted by Crippen LogP contribution is -2.32. The highest BCUT2D eigenvalue weighted by Crippen LogP contribution is 2.26. The van der Waals surface area contributed by atoms with Crippen molar-refractivity contribution in [2.45, 2.75) is 25.4 Å². The molecule has 37 heavy (non-hydrogen) atoms. The number of unbranched alkanes of at least 4 members (excludes halogenated alkanes) is 1. The second-order valence-corrected chi connectivity index (χ2v) is 9.73. The summed E-state index contributed by atoms with van der Waals surface area (Å²) in [6.07, 6.45) is 1.76. The molecule has 0 unspecified atom stereocenters. The van der Waals surface area contributed by atoms with E-state index in [1.165, 1.54) is 11.3 Å². The van der Waals surface area contributed by atoms with Gasteiger partial charge in [-0.3, -0.25) is 4.79 Å². The van der Waals surface area contributed by atoms with Crippen LogP contribution in [0.2, 0.25) is 0 Å². The molecule has 6 heteroatoms. The molecular weight excluding hydrogens is 476 g/mol. The Morgan fingerprint density at radius 1 is 0.838 bits per heavy atom. The molecule has 5 rings (SSSR count). The van der Waals surface area contributed by atoms with E-state index in [-0.39, 0.29) is 11.9 Å². The summed E-state index contributed by atoms with van der Waals surface area (Å²) in [5.74, 6) is -0.124. The van der Waals surface area contributed by atoms with Gasteiger partial charge in [-0.25, -0.2) is 4.99 Å². The van der Waals surface area contributed by atoms with E-state index in [2.05, 4.69) is 23.5 Å². The molecule has 0 aliphatic heterocycles. The predicted octanol–water partition coefficient (Wildman–Crippen LogP) is 6.19. The largest absolute Gasteiger partial charge is 0.340 e. The molecule has 186 valence electrons. The molecule has 5 nitrogen and oxygen atoms in total. The average Bonchev–Trinajstić information content (AvgIpc) is 3.35. The van der Waals surface area contributed by atoms with Gasteiger partial charge in [-0.15, -0.1) is 11.3 Å². The minimum Gasteiger partial charge on any atom is -0.340 e. The highest BCUT2D eigenvalue weighted by Gasteiger charge is 2.21. The molecule has 1 aromatic heterocycles. The van der Waals surface area contributed by atoms with Crippen LogP contribution in [0, 0.1) is 0 Å². The third-order valence-corrected chi connectivity index (χ3v) is 7.25. The van der Waals surface area contributed by atoms with Crippen molar-refractivity contribution >= 4 is 33.7 Å². The maximum Gasteiger partial charge on any atom is 0.269 e. The molecule has 0 radical (unpaired) electrons. The van der Waals surface area contributed by atoms with Crippen LogP contribution in [0.1, 0.15) is 40.5 Å². The summed E-state index contributed by atoms with van der Waals surface area (Å²) < 4.78 is 2.03. The molecule has 0 saturated carbocycles. The summed E-state index contributed by atoms with van der Waals surface area (Å²) in [5.41, 5.74) is 9.35. The Labute approximate surface area is 220 Å². The number of aromatic nitrogens is 1. The van der Waals surface area contributed by atoms with Crippen LogP contribution < -0.4 is 15.9 Å². The normalized spacial score (nSPS) is 11.8. The molecule has 1 heterocycles. The number of hydrogen-bond donors (Lipinski definition) is 2. The van der Waals surface area contributed by atoms with Gasteiger partial charge in [0.15, 0.2) is 4.80 Å². The van der Waals surface area contributed by atoms with Crippen molar-refractivity contribution in [3.8, 4) is 0 Å². The van der Waals surface area contributed by atoms with Gasteiger partial charge in [0.05, 0.1) is 11.7 Å². The second kappa shape index (κ2) is 11.8. The Morgan fingerprint density at radius 2 is 1.49 bits per heavy atom. The Kier molecular flexibility index (Phi) is 7.89. The van der Waals surface area contributed by atoms with E-state index in [0.29, 0.717) is 18.8 Å². The van der Waals surface area contributed by atoms with Gasteiger partial charge in [-0.1, -0.05) is 97.1 Å². The number of rotatable bonds is 9. The van der Waals surface area contributed by atoms with Crippen molar-refractivity contribution in [3.63, 3.8) is 0 Å². The SMILES string of the molecule is NCCCCn1c(C(=O)NC(c2ccccc2)c2ccccc2)csc1=Nc1cccc2ccccc12. The third-order valence-electron chi connectivity index (χ3n) is 6.39. The summed E-state index contributed by atoms with van der Waals surface area (Å²) in [7, 11) is 0. The van der Waals surface area contributed by atoms with Gasteiger partial charge < -0.3 is 15.6 Å². The van der Waals surface area contributed by atoms with E-state index in [1.807, 2.05) is 94.9 Å². The van der Waals surface area contributed by atoms with Gasteiger partial charge in [0.2, 0.25) is 0 Å². The van der Waals surface area contributed by atoms with E-state index in [0.717, 1.165) is 45.2 Å². The molecule has 0 aliphatic carbocycles. The van der Waals surface area contributed by atoms with Gasteiger partial charge in [0.25, 0.3) is 5.91 Å². The first-order chi connectivity index (χ1) is 18.2. The monoisotopic (exact) mass is 506 g/mol. The lowest BCUT2D eigenvalue weighted by Gasteiger charge is -2.20. The standard InChI is InChI=1S/C31H30N4OS/c32-20-9-10-21-35-28(22-37-31(35)33-27-19-11-17-23-12-7-8-18-26(23)27)30(36)34-29(24-13-3-1-4-14-24)25-15-5-2-6-16-25/h1-8,11-19,22,29H,9-10,20-21,32H2,(H,34,36). The number of benzene rings is 4. The van der Waals surface area contributed by atoms with Gasteiger partial charge in [0, 0.05) is 17.3 Å². The number of thiazole rings is 1. The zero-order valence-electron chi connectivity index (χ0n) is 20.6. The fourth-order valence-corrected chi connectivity index (χ4v) is 5.42. The van der Waals surface area contributed by atoms with Crippen LogP contribution in [-0.2, 0) is 6.54 Å². The molecule has 3 N–H and O–H groups in total.